The smallest absolute Gasteiger partial charge is 0.399 e. The molecule has 0 aliphatic carbocycles. The third-order valence-electron chi connectivity index (χ3n) is 5.56. The normalized spacial score (nSPS) is 11.5. The summed E-state index contributed by atoms with van der Waals surface area (Å²) in [5, 5.41) is 9.21. The van der Waals surface area contributed by atoms with Gasteiger partial charge in [-0.1, -0.05) is 46.3 Å². The van der Waals surface area contributed by atoms with Gasteiger partial charge in [-0.15, -0.1) is 9.46 Å². The van der Waals surface area contributed by atoms with Crippen LogP contribution in [0.5, 0.6) is 0 Å². The van der Waals surface area contributed by atoms with Gasteiger partial charge in [0.2, 0.25) is 0 Å². The maximum absolute atomic E-state index is 13.4. The zero-order valence-corrected chi connectivity index (χ0v) is 21.4. The number of nitrogens with zero attached hydrogens (tertiary/aromatic N) is 3. The highest BCUT2D eigenvalue weighted by Gasteiger charge is 2.29. The van der Waals surface area contributed by atoms with Gasteiger partial charge in [-0.25, -0.2) is 9.59 Å². The van der Waals surface area contributed by atoms with Gasteiger partial charge in [0.1, 0.15) is 0 Å². The van der Waals surface area contributed by atoms with Gasteiger partial charge in [0.05, 0.1) is 36.2 Å². The highest BCUT2D eigenvalue weighted by molar-refractivity contribution is 9.10. The maximum atomic E-state index is 13.4. The summed E-state index contributed by atoms with van der Waals surface area (Å²) in [4.78, 5) is 28.9. The summed E-state index contributed by atoms with van der Waals surface area (Å²) in [6.45, 7) is 0.330. The van der Waals surface area contributed by atoms with E-state index in [1.54, 1.807) is 48.8 Å². The minimum Gasteiger partial charge on any atom is -0.478 e. The topological polar surface area (TPSA) is 113 Å². The van der Waals surface area contributed by atoms with Gasteiger partial charge in [-0.2, -0.15) is 0 Å². The first-order chi connectivity index (χ1) is 17.7. The van der Waals surface area contributed by atoms with Gasteiger partial charge in [-0.05, 0) is 56.1 Å². The SMILES string of the molecule is O=C(O)c1ccc(-c2cn(Cc3ccccn3)c(=O)n2Cc2ccc(CP(=O)(OF)OF)c(Br)c2)cc1. The van der Waals surface area contributed by atoms with Gasteiger partial charge in [-0.3, -0.25) is 18.7 Å². The molecule has 0 unspecified atom stereocenters. The molecule has 0 bridgehead atoms. The highest BCUT2D eigenvalue weighted by Crippen LogP contribution is 2.53. The van der Waals surface area contributed by atoms with E-state index in [4.69, 9.17) is 0 Å². The Morgan fingerprint density at radius 3 is 2.38 bits per heavy atom. The zero-order chi connectivity index (χ0) is 26.6. The van der Waals surface area contributed by atoms with Crippen LogP contribution in [0, 0.1) is 0 Å². The minimum absolute atomic E-state index is 0.108. The van der Waals surface area contributed by atoms with Crippen LogP contribution in [0.3, 0.4) is 0 Å². The van der Waals surface area contributed by atoms with Crippen molar-refractivity contribution in [1.29, 1.82) is 0 Å². The minimum atomic E-state index is -4.58. The van der Waals surface area contributed by atoms with Crippen molar-refractivity contribution in [2.45, 2.75) is 19.3 Å². The number of benzene rings is 2. The number of imidazole rings is 1. The Kier molecular flexibility index (Phi) is 8.13. The first kappa shape index (κ1) is 26.6. The summed E-state index contributed by atoms with van der Waals surface area (Å²) >= 11 is 3.29. The van der Waals surface area contributed by atoms with Crippen molar-refractivity contribution in [3.63, 3.8) is 0 Å². The molecule has 9 nitrogen and oxygen atoms in total. The first-order valence-corrected chi connectivity index (χ1v) is 13.3. The van der Waals surface area contributed by atoms with E-state index in [2.05, 4.69) is 30.4 Å². The summed E-state index contributed by atoms with van der Waals surface area (Å²) in [6, 6.07) is 16.2. The molecule has 2 heterocycles. The van der Waals surface area contributed by atoms with Gasteiger partial charge >= 0.3 is 19.3 Å². The predicted octanol–water partition coefficient (Wildman–Crippen LogP) is 5.76. The van der Waals surface area contributed by atoms with Crippen LogP contribution < -0.4 is 5.69 Å². The quantitative estimate of drug-likeness (QED) is 0.232. The van der Waals surface area contributed by atoms with E-state index < -0.39 is 19.7 Å². The molecule has 13 heteroatoms. The summed E-state index contributed by atoms with van der Waals surface area (Å²) in [6.07, 6.45) is 2.65. The molecule has 0 atom stereocenters. The fraction of sp³-hybridized carbons (Fsp3) is 0.125. The van der Waals surface area contributed by atoms with Crippen molar-refractivity contribution in [2.24, 2.45) is 0 Å². The maximum Gasteiger partial charge on any atom is 0.399 e. The predicted molar refractivity (Wildman–Crippen MR) is 133 cm³/mol. The van der Waals surface area contributed by atoms with E-state index in [-0.39, 0.29) is 29.9 Å². The number of aromatic carboxylic acids is 1. The van der Waals surface area contributed by atoms with Crippen molar-refractivity contribution in [3.05, 3.63) is 110 Å². The summed E-state index contributed by atoms with van der Waals surface area (Å²) < 4.78 is 46.5. The molecule has 0 saturated carbocycles. The van der Waals surface area contributed by atoms with E-state index in [0.717, 1.165) is 0 Å². The first-order valence-electron chi connectivity index (χ1n) is 10.7. The largest absolute Gasteiger partial charge is 0.478 e. The number of hydrogen-bond acceptors (Lipinski definition) is 6. The number of halogens is 3. The lowest BCUT2D eigenvalue weighted by Gasteiger charge is -2.12. The number of pyridine rings is 1. The van der Waals surface area contributed by atoms with E-state index in [1.165, 1.54) is 27.3 Å². The Balaban J connectivity index is 1.72. The van der Waals surface area contributed by atoms with Crippen molar-refractivity contribution in [2.75, 3.05) is 0 Å². The van der Waals surface area contributed by atoms with Gasteiger partial charge in [0.15, 0.2) is 0 Å². The number of carboxylic acid groups (broad SMARTS) is 1. The number of rotatable bonds is 10. The van der Waals surface area contributed by atoms with Crippen LogP contribution in [0.25, 0.3) is 11.3 Å². The molecule has 2 aromatic heterocycles. The fourth-order valence-corrected chi connectivity index (χ4v) is 5.34. The molecule has 0 saturated heterocycles. The number of carboxylic acids is 1. The second-order valence-electron chi connectivity index (χ2n) is 8.05. The molecule has 0 radical (unpaired) electrons. The molecule has 192 valence electrons. The third kappa shape index (κ3) is 6.11. The Morgan fingerprint density at radius 1 is 1.05 bits per heavy atom. The molecule has 37 heavy (non-hydrogen) atoms. The average Bonchev–Trinajstić information content (AvgIpc) is 3.20. The molecular weight excluding hydrogens is 575 g/mol. The standard InChI is InChI=1S/C24H19BrF2N3O6P/c25-21-11-16(4-5-19(21)15-37(34,35-26)36-27)12-30-22(17-6-8-18(9-7-17)23(31)32)14-29(24(30)33)13-20-3-1-2-10-28-20/h1-11,14H,12-13,15H2,(H,31,32). The number of carbonyl (C=O) groups is 1. The van der Waals surface area contributed by atoms with Crippen molar-refractivity contribution in [1.82, 2.24) is 14.1 Å². The van der Waals surface area contributed by atoms with Crippen LogP contribution in [-0.4, -0.2) is 25.2 Å². The monoisotopic (exact) mass is 593 g/mol. The van der Waals surface area contributed by atoms with Crippen molar-refractivity contribution in [3.8, 4) is 11.3 Å². The second kappa shape index (κ2) is 11.3. The molecule has 0 spiro atoms. The summed E-state index contributed by atoms with van der Waals surface area (Å²) in [5.74, 6) is -1.07. The van der Waals surface area contributed by atoms with E-state index in [9.17, 15) is 28.3 Å². The molecule has 0 fully saturated rings. The van der Waals surface area contributed by atoms with Crippen LogP contribution in [0.1, 0.15) is 27.2 Å². The lowest BCUT2D eigenvalue weighted by molar-refractivity contribution is -0.0881. The molecule has 4 rings (SSSR count). The number of aromatic nitrogens is 3. The Bertz CT molecular complexity index is 1520. The third-order valence-corrected chi connectivity index (χ3v) is 7.45. The summed E-state index contributed by atoms with van der Waals surface area (Å²) in [7, 11) is -4.58. The molecule has 0 aliphatic rings. The molecule has 4 aromatic rings. The zero-order valence-electron chi connectivity index (χ0n) is 19.0. The fourth-order valence-electron chi connectivity index (χ4n) is 3.74. The molecule has 2 aromatic carbocycles. The van der Waals surface area contributed by atoms with Crippen LogP contribution in [0.15, 0.2) is 82.3 Å². The van der Waals surface area contributed by atoms with Gasteiger partial charge < -0.3 is 5.11 Å². The highest BCUT2D eigenvalue weighted by atomic mass is 79.9. The average molecular weight is 594 g/mol. The van der Waals surface area contributed by atoms with E-state index in [1.807, 2.05) is 6.07 Å². The van der Waals surface area contributed by atoms with E-state index in [0.29, 0.717) is 27.0 Å². The second-order valence-corrected chi connectivity index (χ2v) is 10.7. The molecule has 0 amide bonds. The van der Waals surface area contributed by atoms with Crippen LogP contribution in [-0.2, 0) is 33.3 Å². The molecule has 0 aliphatic heterocycles. The van der Waals surface area contributed by atoms with E-state index >= 15 is 0 Å². The Hall–Kier alpha value is -3.44. The lowest BCUT2D eigenvalue weighted by Crippen LogP contribution is -2.25. The lowest BCUT2D eigenvalue weighted by atomic mass is 10.1. The van der Waals surface area contributed by atoms with Gasteiger partial charge in [0.25, 0.3) is 0 Å². The molecular formula is C24H19BrF2N3O6P. The Labute approximate surface area is 217 Å². The number of hydrogen-bond donors (Lipinski definition) is 1. The van der Waals surface area contributed by atoms with Crippen molar-refractivity contribution >= 4 is 29.5 Å². The van der Waals surface area contributed by atoms with Crippen LogP contribution >= 0.6 is 23.5 Å². The van der Waals surface area contributed by atoms with Gasteiger partial charge in [0, 0.05) is 16.9 Å². The Morgan fingerprint density at radius 2 is 1.78 bits per heavy atom. The van der Waals surface area contributed by atoms with Crippen LogP contribution in [0.4, 0.5) is 9.05 Å². The summed E-state index contributed by atoms with van der Waals surface area (Å²) in [5.41, 5.74) is 2.54. The van der Waals surface area contributed by atoms with Crippen LogP contribution in [0.2, 0.25) is 0 Å². The van der Waals surface area contributed by atoms with Crippen molar-refractivity contribution < 1.29 is 33.0 Å². The molecule has 1 N–H and O–H groups in total.